The van der Waals surface area contributed by atoms with Gasteiger partial charge in [-0.25, -0.2) is 4.98 Å². The predicted octanol–water partition coefficient (Wildman–Crippen LogP) is 1.76. The Morgan fingerprint density at radius 1 is 1.47 bits per heavy atom. The van der Waals surface area contributed by atoms with Crippen molar-refractivity contribution < 1.29 is 4.79 Å². The highest BCUT2D eigenvalue weighted by molar-refractivity contribution is 5.73. The fourth-order valence-electron chi connectivity index (χ4n) is 1.28. The number of carbonyl (C=O) groups excluding carboxylic acids is 1. The molecule has 0 spiro atoms. The summed E-state index contributed by atoms with van der Waals surface area (Å²) in [5, 5.41) is 8.72. The van der Waals surface area contributed by atoms with E-state index in [2.05, 4.69) is 9.97 Å². The van der Waals surface area contributed by atoms with Crippen LogP contribution in [-0.4, -0.2) is 16.3 Å². The van der Waals surface area contributed by atoms with E-state index in [-0.39, 0.29) is 0 Å². The van der Waals surface area contributed by atoms with Crippen LogP contribution in [0.15, 0.2) is 30.5 Å². The molecule has 0 amide bonds. The van der Waals surface area contributed by atoms with Gasteiger partial charge in [0, 0.05) is 5.56 Å². The fourth-order valence-corrected chi connectivity index (χ4v) is 1.28. The Bertz CT molecular complexity index is 537. The first-order valence-corrected chi connectivity index (χ1v) is 4.34. The van der Waals surface area contributed by atoms with Crippen LogP contribution >= 0.6 is 0 Å². The van der Waals surface area contributed by atoms with E-state index in [1.165, 1.54) is 6.20 Å². The van der Waals surface area contributed by atoms with Gasteiger partial charge in [0.15, 0.2) is 6.29 Å². The Morgan fingerprint density at radius 3 is 3.00 bits per heavy atom. The van der Waals surface area contributed by atoms with Crippen LogP contribution in [0.3, 0.4) is 0 Å². The number of carbonyl (C=O) groups is 1. The van der Waals surface area contributed by atoms with Crippen molar-refractivity contribution in [2.24, 2.45) is 0 Å². The van der Waals surface area contributed by atoms with Gasteiger partial charge in [-0.1, -0.05) is 12.1 Å². The third kappa shape index (κ3) is 1.76. The number of aldehydes is 1. The summed E-state index contributed by atoms with van der Waals surface area (Å²) in [5.41, 5.74) is 1.78. The molecule has 0 saturated heterocycles. The number of benzene rings is 1. The lowest BCUT2D eigenvalue weighted by Gasteiger charge is -1.96. The fraction of sp³-hybridized carbons (Fsp3) is 0. The normalized spacial score (nSPS) is 9.53. The zero-order valence-corrected chi connectivity index (χ0v) is 7.77. The molecule has 2 rings (SSSR count). The van der Waals surface area contributed by atoms with E-state index in [1.807, 2.05) is 12.1 Å². The molecule has 0 aliphatic carbocycles. The number of aromatic nitrogens is 2. The topological polar surface area (TPSA) is 69.5 Å². The molecule has 1 aromatic carbocycles. The van der Waals surface area contributed by atoms with Crippen LogP contribution in [0.1, 0.15) is 16.1 Å². The summed E-state index contributed by atoms with van der Waals surface area (Å²) in [6.07, 6.45) is 2.16. The molecule has 0 bridgehead atoms. The molecule has 4 nitrogen and oxygen atoms in total. The second-order valence-corrected chi connectivity index (χ2v) is 3.00. The smallest absolute Gasteiger partial charge is 0.167 e. The van der Waals surface area contributed by atoms with Crippen LogP contribution in [0.25, 0.3) is 11.4 Å². The average Bonchev–Trinajstić information content (AvgIpc) is 2.78. The number of aromatic amines is 1. The Kier molecular flexibility index (Phi) is 2.30. The number of rotatable bonds is 2. The van der Waals surface area contributed by atoms with Crippen LogP contribution < -0.4 is 0 Å². The number of nitrogens with zero attached hydrogens (tertiary/aromatic N) is 2. The standard InChI is InChI=1S/C11H7N3O/c12-5-8-2-1-3-9(4-8)11-13-6-10(7-15)14-11/h1-4,6-7H,(H,13,14). The first-order valence-electron chi connectivity index (χ1n) is 4.34. The Labute approximate surface area is 86.2 Å². The van der Waals surface area contributed by atoms with Crippen molar-refractivity contribution in [3.63, 3.8) is 0 Å². The van der Waals surface area contributed by atoms with Crippen LogP contribution in [0.5, 0.6) is 0 Å². The van der Waals surface area contributed by atoms with Gasteiger partial charge in [-0.05, 0) is 12.1 Å². The monoisotopic (exact) mass is 197 g/mol. The van der Waals surface area contributed by atoms with Gasteiger partial charge in [-0.3, -0.25) is 4.79 Å². The molecule has 1 N–H and O–H groups in total. The summed E-state index contributed by atoms with van der Waals surface area (Å²) in [7, 11) is 0. The molecule has 4 heteroatoms. The van der Waals surface area contributed by atoms with E-state index in [4.69, 9.17) is 5.26 Å². The number of nitriles is 1. The second-order valence-electron chi connectivity index (χ2n) is 3.00. The van der Waals surface area contributed by atoms with E-state index >= 15 is 0 Å². The summed E-state index contributed by atoms with van der Waals surface area (Å²) < 4.78 is 0. The van der Waals surface area contributed by atoms with Gasteiger partial charge >= 0.3 is 0 Å². The number of hydrogen-bond donors (Lipinski definition) is 1. The molecule has 0 saturated carbocycles. The third-order valence-electron chi connectivity index (χ3n) is 1.99. The van der Waals surface area contributed by atoms with Crippen LogP contribution in [0.4, 0.5) is 0 Å². The van der Waals surface area contributed by atoms with E-state index in [0.717, 1.165) is 5.56 Å². The minimum atomic E-state index is 0.423. The van der Waals surface area contributed by atoms with Crippen molar-refractivity contribution in [3.05, 3.63) is 41.7 Å². The molecule has 0 aliphatic heterocycles. The van der Waals surface area contributed by atoms with Gasteiger partial charge in [0.2, 0.25) is 0 Å². The number of hydrogen-bond acceptors (Lipinski definition) is 3. The molecule has 1 aromatic heterocycles. The molecular formula is C11H7N3O. The molecule has 0 fully saturated rings. The molecule has 0 aliphatic rings. The summed E-state index contributed by atoms with van der Waals surface area (Å²) in [6, 6.07) is 9.08. The largest absolute Gasteiger partial charge is 0.336 e. The first-order chi connectivity index (χ1) is 7.33. The van der Waals surface area contributed by atoms with Gasteiger partial charge in [-0.2, -0.15) is 5.26 Å². The van der Waals surface area contributed by atoms with Crippen molar-refractivity contribution >= 4 is 6.29 Å². The summed E-state index contributed by atoms with van der Waals surface area (Å²) in [6.45, 7) is 0. The summed E-state index contributed by atoms with van der Waals surface area (Å²) in [5.74, 6) is 0.592. The SMILES string of the molecule is N#Cc1cccc(-c2ncc(C=O)[nH]2)c1. The zero-order chi connectivity index (χ0) is 10.7. The van der Waals surface area contributed by atoms with E-state index < -0.39 is 0 Å². The van der Waals surface area contributed by atoms with Gasteiger partial charge in [-0.15, -0.1) is 0 Å². The van der Waals surface area contributed by atoms with Crippen LogP contribution in [-0.2, 0) is 0 Å². The average molecular weight is 197 g/mol. The van der Waals surface area contributed by atoms with Gasteiger partial charge in [0.05, 0.1) is 23.5 Å². The summed E-state index contributed by atoms with van der Waals surface area (Å²) in [4.78, 5) is 17.3. The molecule has 1 heterocycles. The molecular weight excluding hydrogens is 190 g/mol. The Morgan fingerprint density at radius 2 is 2.33 bits per heavy atom. The Balaban J connectivity index is 2.45. The number of nitrogens with one attached hydrogen (secondary N) is 1. The van der Waals surface area contributed by atoms with Gasteiger partial charge in [0.25, 0.3) is 0 Å². The number of H-pyrrole nitrogens is 1. The lowest BCUT2D eigenvalue weighted by molar-refractivity contribution is 0.111. The molecule has 2 aromatic rings. The molecule has 0 radical (unpaired) electrons. The van der Waals surface area contributed by atoms with Crippen LogP contribution in [0.2, 0.25) is 0 Å². The van der Waals surface area contributed by atoms with E-state index in [0.29, 0.717) is 23.4 Å². The highest BCUT2D eigenvalue weighted by atomic mass is 16.1. The minimum absolute atomic E-state index is 0.423. The molecule has 15 heavy (non-hydrogen) atoms. The van der Waals surface area contributed by atoms with Crippen molar-refractivity contribution in [2.45, 2.75) is 0 Å². The van der Waals surface area contributed by atoms with Crippen LogP contribution in [0, 0.1) is 11.3 Å². The van der Waals surface area contributed by atoms with Crippen molar-refractivity contribution in [2.75, 3.05) is 0 Å². The maximum absolute atomic E-state index is 10.5. The lowest BCUT2D eigenvalue weighted by atomic mass is 10.1. The maximum atomic E-state index is 10.5. The van der Waals surface area contributed by atoms with Crippen molar-refractivity contribution in [3.8, 4) is 17.5 Å². The molecule has 0 atom stereocenters. The van der Waals surface area contributed by atoms with Gasteiger partial charge in [0.1, 0.15) is 5.82 Å². The van der Waals surface area contributed by atoms with Crippen molar-refractivity contribution in [1.82, 2.24) is 9.97 Å². The van der Waals surface area contributed by atoms with E-state index in [9.17, 15) is 4.79 Å². The van der Waals surface area contributed by atoms with Crippen molar-refractivity contribution in [1.29, 1.82) is 5.26 Å². The third-order valence-corrected chi connectivity index (χ3v) is 1.99. The van der Waals surface area contributed by atoms with Gasteiger partial charge < -0.3 is 4.98 Å². The second kappa shape index (κ2) is 3.76. The lowest BCUT2D eigenvalue weighted by Crippen LogP contribution is -1.83. The molecule has 0 unspecified atom stereocenters. The minimum Gasteiger partial charge on any atom is -0.336 e. The highest BCUT2D eigenvalue weighted by Crippen LogP contribution is 2.16. The first kappa shape index (κ1) is 9.16. The quantitative estimate of drug-likeness (QED) is 0.746. The number of imidazole rings is 1. The predicted molar refractivity (Wildman–Crippen MR) is 54.1 cm³/mol. The molecule has 72 valence electrons. The summed E-state index contributed by atoms with van der Waals surface area (Å²) >= 11 is 0. The maximum Gasteiger partial charge on any atom is 0.167 e. The van der Waals surface area contributed by atoms with E-state index in [1.54, 1.807) is 18.2 Å². The highest BCUT2D eigenvalue weighted by Gasteiger charge is 2.03. The Hall–Kier alpha value is -2.41. The zero-order valence-electron chi connectivity index (χ0n) is 7.77.